The smallest absolute Gasteiger partial charge is 0.254 e. The monoisotopic (exact) mass is 708 g/mol. The Hall–Kier alpha value is -3.87. The average Bonchev–Trinajstić information content (AvgIpc) is 3.82. The maximum absolute atomic E-state index is 14.1. The van der Waals surface area contributed by atoms with Gasteiger partial charge in [0.2, 0.25) is 0 Å². The van der Waals surface area contributed by atoms with Crippen molar-refractivity contribution in [1.29, 1.82) is 0 Å². The van der Waals surface area contributed by atoms with Gasteiger partial charge < -0.3 is 24.9 Å². The number of aliphatic hydroxyl groups excluding tert-OH is 1. The maximum atomic E-state index is 14.1. The number of aliphatic hydroxyl groups is 1. The molecular formula is C40H52N6O4Si. The van der Waals surface area contributed by atoms with Gasteiger partial charge in [-0.15, -0.1) is 5.10 Å². The largest absolute Gasteiger partial charge is 0.432 e. The van der Waals surface area contributed by atoms with Gasteiger partial charge in [0.15, 0.2) is 8.32 Å². The van der Waals surface area contributed by atoms with Crippen LogP contribution in [-0.2, 0) is 22.5 Å². The zero-order chi connectivity index (χ0) is 35.6. The fourth-order valence-electron chi connectivity index (χ4n) is 8.90. The minimum Gasteiger partial charge on any atom is -0.432 e. The molecule has 3 fully saturated rings. The number of nitrogens with one attached hydrogen (secondary N) is 1. The molecule has 0 bridgehead atoms. The molecule has 1 spiro atoms. The van der Waals surface area contributed by atoms with Crippen molar-refractivity contribution in [2.75, 3.05) is 36.2 Å². The van der Waals surface area contributed by atoms with E-state index in [-0.39, 0.29) is 42.1 Å². The molecule has 1 aromatic heterocycles. The lowest BCUT2D eigenvalue weighted by atomic mass is 9.86. The predicted octanol–water partition coefficient (Wildman–Crippen LogP) is 5.33. The molecule has 3 aliphatic rings. The molecule has 3 aromatic carbocycles. The first-order valence-corrected chi connectivity index (χ1v) is 21.6. The molecule has 4 aromatic rings. The van der Waals surface area contributed by atoms with Gasteiger partial charge in [-0.25, -0.2) is 0 Å². The van der Waals surface area contributed by atoms with E-state index < -0.39 is 13.9 Å². The molecular weight excluding hydrogens is 657 g/mol. The number of hydrogen-bond donors (Lipinski definition) is 3. The third-order valence-corrected chi connectivity index (χ3v) is 14.1. The summed E-state index contributed by atoms with van der Waals surface area (Å²) >= 11 is 0. The Kier molecular flexibility index (Phi) is 10.5. The summed E-state index contributed by atoms with van der Waals surface area (Å²) in [6.07, 6.45) is 5.94. The highest BCUT2D eigenvalue weighted by atomic mass is 28.4. The second-order valence-electron chi connectivity index (χ2n) is 15.2. The summed E-state index contributed by atoms with van der Waals surface area (Å²) < 4.78 is 8.58. The lowest BCUT2D eigenvalue weighted by molar-refractivity contribution is -0.122. The van der Waals surface area contributed by atoms with Gasteiger partial charge in [-0.1, -0.05) is 72.8 Å². The van der Waals surface area contributed by atoms with Crippen LogP contribution in [0.1, 0.15) is 55.3 Å². The summed E-state index contributed by atoms with van der Waals surface area (Å²) in [5, 5.41) is 22.3. The minimum atomic E-state index is -2.53. The Morgan fingerprint density at radius 1 is 0.941 bits per heavy atom. The molecule has 0 aliphatic carbocycles. The second kappa shape index (κ2) is 15.0. The Labute approximate surface area is 302 Å². The van der Waals surface area contributed by atoms with E-state index in [0.29, 0.717) is 13.2 Å². The standard InChI is InChI=1S/C40H52N6O4Si/c1-29-36(50-37(38(29)51(2,3)49)20-25-44-26-35(42-43-44)34(27-47)31-10-6-4-7-11-31)19-16-30-14-17-32(18-15-30)45-28-46(33-12-8-5-9-13-33)40(39(45)48)21-23-41-24-22-40/h4-15,17-18,26,29,34,36-38,41,47,49H,16,19-25,27-28H2,1-3H3/t29-,34?,36+,37-,38+/m0/s1. The third kappa shape index (κ3) is 7.27. The highest BCUT2D eigenvalue weighted by Crippen LogP contribution is 2.46. The van der Waals surface area contributed by atoms with Crippen molar-refractivity contribution >= 4 is 25.6 Å². The van der Waals surface area contributed by atoms with Crippen LogP contribution in [-0.4, -0.2) is 83.2 Å². The van der Waals surface area contributed by atoms with Crippen molar-refractivity contribution in [3.8, 4) is 0 Å². The highest BCUT2D eigenvalue weighted by Gasteiger charge is 2.53. The molecule has 11 heteroatoms. The second-order valence-corrected chi connectivity index (χ2v) is 19.2. The number of aryl methyl sites for hydroxylation is 2. The lowest BCUT2D eigenvalue weighted by Gasteiger charge is -2.39. The summed E-state index contributed by atoms with van der Waals surface area (Å²) in [6, 6.07) is 28.7. The molecule has 3 aliphatic heterocycles. The number of aromatic nitrogens is 3. The van der Waals surface area contributed by atoms with Crippen LogP contribution in [0.5, 0.6) is 0 Å². The average molecular weight is 709 g/mol. The Bertz CT molecular complexity index is 1740. The van der Waals surface area contributed by atoms with E-state index in [4.69, 9.17) is 4.74 Å². The third-order valence-electron chi connectivity index (χ3n) is 11.6. The summed E-state index contributed by atoms with van der Waals surface area (Å²) in [5.74, 6) is 0.202. The summed E-state index contributed by atoms with van der Waals surface area (Å²) in [4.78, 5) is 29.7. The zero-order valence-corrected chi connectivity index (χ0v) is 31.1. The zero-order valence-electron chi connectivity index (χ0n) is 30.1. The Balaban J connectivity index is 0.985. The van der Waals surface area contributed by atoms with Crippen molar-refractivity contribution in [1.82, 2.24) is 20.3 Å². The van der Waals surface area contributed by atoms with Crippen LogP contribution in [0.25, 0.3) is 0 Å². The van der Waals surface area contributed by atoms with Crippen LogP contribution < -0.4 is 15.1 Å². The number of anilines is 2. The quantitative estimate of drug-likeness (QED) is 0.169. The van der Waals surface area contributed by atoms with Gasteiger partial charge in [-0.3, -0.25) is 14.4 Å². The summed E-state index contributed by atoms with van der Waals surface area (Å²) in [7, 11) is -2.53. The van der Waals surface area contributed by atoms with Gasteiger partial charge in [-0.05, 0) is 99.6 Å². The molecule has 7 rings (SSSR count). The Morgan fingerprint density at radius 3 is 2.29 bits per heavy atom. The van der Waals surface area contributed by atoms with Crippen LogP contribution in [0.15, 0.2) is 91.1 Å². The molecule has 10 nitrogen and oxygen atoms in total. The van der Waals surface area contributed by atoms with Gasteiger partial charge >= 0.3 is 0 Å². The number of benzene rings is 3. The van der Waals surface area contributed by atoms with E-state index >= 15 is 0 Å². The maximum Gasteiger partial charge on any atom is 0.254 e. The van der Waals surface area contributed by atoms with E-state index in [9.17, 15) is 14.7 Å². The number of nitrogens with zero attached hydrogens (tertiary/aromatic N) is 5. The van der Waals surface area contributed by atoms with E-state index in [0.717, 1.165) is 67.8 Å². The van der Waals surface area contributed by atoms with Crippen LogP contribution >= 0.6 is 0 Å². The molecule has 4 heterocycles. The fourth-order valence-corrected chi connectivity index (χ4v) is 11.6. The highest BCUT2D eigenvalue weighted by molar-refractivity contribution is 6.71. The topological polar surface area (TPSA) is 116 Å². The van der Waals surface area contributed by atoms with Gasteiger partial charge in [0.1, 0.15) is 5.54 Å². The number of ether oxygens (including phenoxy) is 1. The van der Waals surface area contributed by atoms with Crippen molar-refractivity contribution in [2.45, 2.75) is 87.9 Å². The Morgan fingerprint density at radius 2 is 1.63 bits per heavy atom. The normalized spacial score (nSPS) is 24.1. The van der Waals surface area contributed by atoms with Gasteiger partial charge in [0, 0.05) is 29.7 Å². The van der Waals surface area contributed by atoms with Gasteiger partial charge in [-0.2, -0.15) is 0 Å². The van der Waals surface area contributed by atoms with Crippen molar-refractivity contribution < 1.29 is 19.4 Å². The molecule has 5 atom stereocenters. The van der Waals surface area contributed by atoms with E-state index in [2.05, 4.69) is 63.9 Å². The number of rotatable bonds is 12. The molecule has 0 saturated carbocycles. The number of carbonyl (C=O) groups excluding carboxylic acids is 1. The number of hydrogen-bond acceptors (Lipinski definition) is 8. The van der Waals surface area contributed by atoms with E-state index in [1.54, 1.807) is 0 Å². The number of carbonyl (C=O) groups is 1. The van der Waals surface area contributed by atoms with Crippen molar-refractivity contribution in [2.24, 2.45) is 5.92 Å². The van der Waals surface area contributed by atoms with Crippen LogP contribution in [0, 0.1) is 5.92 Å². The van der Waals surface area contributed by atoms with Crippen LogP contribution in [0.3, 0.4) is 0 Å². The molecule has 1 amide bonds. The first-order valence-electron chi connectivity index (χ1n) is 18.6. The minimum absolute atomic E-state index is 0.0371. The SMILES string of the molecule is C[C@@H]1[C@@H]([Si](C)(C)O)[C@H](CCn2cc(C(CO)c3ccccc3)nn2)O[C@@H]1CCc1ccc(N2CN(c3ccccc3)C3(CCNCC3)C2=O)cc1. The summed E-state index contributed by atoms with van der Waals surface area (Å²) in [6.45, 7) is 9.09. The molecule has 0 radical (unpaired) electrons. The lowest BCUT2D eigenvalue weighted by Crippen LogP contribution is -2.55. The molecule has 3 saturated heterocycles. The first-order chi connectivity index (χ1) is 24.7. The molecule has 51 heavy (non-hydrogen) atoms. The van der Waals surface area contributed by atoms with Gasteiger partial charge in [0.25, 0.3) is 5.91 Å². The summed E-state index contributed by atoms with van der Waals surface area (Å²) in [5.41, 5.74) is 4.59. The van der Waals surface area contributed by atoms with Gasteiger partial charge in [0.05, 0.1) is 37.1 Å². The van der Waals surface area contributed by atoms with Crippen LogP contribution in [0.4, 0.5) is 11.4 Å². The fraction of sp³-hybridized carbons (Fsp3) is 0.475. The van der Waals surface area contributed by atoms with E-state index in [1.807, 2.05) is 77.4 Å². The molecule has 3 N–H and O–H groups in total. The molecule has 1 unspecified atom stereocenters. The molecule has 270 valence electrons. The van der Waals surface area contributed by atoms with Crippen molar-refractivity contribution in [3.63, 3.8) is 0 Å². The van der Waals surface area contributed by atoms with E-state index in [1.165, 1.54) is 5.56 Å². The predicted molar refractivity (Wildman–Crippen MR) is 202 cm³/mol. The number of para-hydroxylation sites is 1. The number of amides is 1. The van der Waals surface area contributed by atoms with Crippen molar-refractivity contribution in [3.05, 3.63) is 108 Å². The van der Waals surface area contributed by atoms with Crippen LogP contribution in [0.2, 0.25) is 18.6 Å². The number of piperidine rings is 1. The first kappa shape index (κ1) is 35.5.